The molecule has 1 heterocycles. The molecule has 1 amide bonds. The van der Waals surface area contributed by atoms with Gasteiger partial charge in [-0.3, -0.25) is 4.79 Å². The molecule has 6 heteroatoms. The van der Waals surface area contributed by atoms with Crippen molar-refractivity contribution in [2.75, 3.05) is 13.2 Å². The second-order valence-electron chi connectivity index (χ2n) is 5.60. The Kier molecular flexibility index (Phi) is 3.97. The van der Waals surface area contributed by atoms with E-state index in [1.54, 1.807) is 12.1 Å². The van der Waals surface area contributed by atoms with Gasteiger partial charge < -0.3 is 10.0 Å². The van der Waals surface area contributed by atoms with Crippen LogP contribution in [0.2, 0.25) is 10.0 Å². The Labute approximate surface area is 127 Å². The Bertz CT molecular complexity index is 608. The summed E-state index contributed by atoms with van der Waals surface area (Å²) >= 11 is 12.2. The van der Waals surface area contributed by atoms with Crippen LogP contribution in [0.4, 0.5) is 0 Å². The highest BCUT2D eigenvalue weighted by Gasteiger charge is 2.42. The first kappa shape index (κ1) is 15.1. The lowest BCUT2D eigenvalue weighted by Crippen LogP contribution is -2.38. The highest BCUT2D eigenvalue weighted by atomic mass is 35.5. The summed E-state index contributed by atoms with van der Waals surface area (Å²) in [5.41, 5.74) is 0.242. The Morgan fingerprint density at radius 3 is 2.55 bits per heavy atom. The first-order valence-corrected chi connectivity index (χ1v) is 6.87. The number of amides is 1. The minimum atomic E-state index is -0.769. The van der Waals surface area contributed by atoms with Gasteiger partial charge in [0.2, 0.25) is 0 Å². The maximum absolute atomic E-state index is 12.5. The maximum Gasteiger partial charge on any atom is 0.257 e. The van der Waals surface area contributed by atoms with Gasteiger partial charge in [-0.05, 0) is 12.1 Å². The minimum absolute atomic E-state index is 0.0905. The molecule has 106 valence electrons. The molecule has 0 aliphatic carbocycles. The normalized spacial score (nSPS) is 18.1. The minimum Gasteiger partial charge on any atom is -0.396 e. The zero-order chi connectivity index (χ0) is 15.1. The van der Waals surface area contributed by atoms with Gasteiger partial charge in [0.25, 0.3) is 5.91 Å². The molecule has 0 aromatic heterocycles. The molecule has 0 bridgehead atoms. The van der Waals surface area contributed by atoms with Crippen LogP contribution >= 0.6 is 23.2 Å². The predicted molar refractivity (Wildman–Crippen MR) is 76.7 cm³/mol. The molecule has 4 nitrogen and oxygen atoms in total. The van der Waals surface area contributed by atoms with E-state index >= 15 is 0 Å². The van der Waals surface area contributed by atoms with Crippen molar-refractivity contribution < 1.29 is 9.90 Å². The number of aliphatic hydroxyl groups excluding tert-OH is 1. The zero-order valence-electron chi connectivity index (χ0n) is 11.2. The largest absolute Gasteiger partial charge is 0.396 e. The average Bonchev–Trinajstić information content (AvgIpc) is 2.68. The number of carbonyl (C=O) groups is 1. The fourth-order valence-electron chi connectivity index (χ4n) is 2.28. The lowest BCUT2D eigenvalue weighted by atomic mass is 9.93. The zero-order valence-corrected chi connectivity index (χ0v) is 12.7. The molecule has 20 heavy (non-hydrogen) atoms. The SMILES string of the molecule is CC(C)(CO)CN1C(=O)c2c(Cl)ccc(Cl)c2C1C#N. The van der Waals surface area contributed by atoms with Gasteiger partial charge in [0, 0.05) is 29.2 Å². The fraction of sp³-hybridized carbons (Fsp3) is 0.429. The molecule has 1 aromatic carbocycles. The molecular formula is C14H14Cl2N2O2. The third kappa shape index (κ3) is 2.37. The highest BCUT2D eigenvalue weighted by molar-refractivity contribution is 6.37. The Morgan fingerprint density at radius 2 is 2.00 bits per heavy atom. The van der Waals surface area contributed by atoms with E-state index in [9.17, 15) is 15.2 Å². The second kappa shape index (κ2) is 5.25. The van der Waals surface area contributed by atoms with Crippen molar-refractivity contribution in [3.8, 4) is 6.07 Å². The van der Waals surface area contributed by atoms with Gasteiger partial charge in [0.1, 0.15) is 6.04 Å². The van der Waals surface area contributed by atoms with Crippen LogP contribution in [0.25, 0.3) is 0 Å². The van der Waals surface area contributed by atoms with Crippen molar-refractivity contribution in [1.29, 1.82) is 5.26 Å². The van der Waals surface area contributed by atoms with E-state index in [0.717, 1.165) is 0 Å². The van der Waals surface area contributed by atoms with E-state index in [2.05, 4.69) is 6.07 Å². The van der Waals surface area contributed by atoms with E-state index in [-0.39, 0.29) is 19.1 Å². The number of carbonyl (C=O) groups excluding carboxylic acids is 1. The van der Waals surface area contributed by atoms with Crippen molar-refractivity contribution in [3.63, 3.8) is 0 Å². The molecule has 0 saturated carbocycles. The van der Waals surface area contributed by atoms with E-state index in [4.69, 9.17) is 23.2 Å². The van der Waals surface area contributed by atoms with Crippen LogP contribution < -0.4 is 0 Å². The Balaban J connectivity index is 2.51. The first-order valence-electron chi connectivity index (χ1n) is 6.12. The number of aliphatic hydroxyl groups is 1. The molecule has 1 aliphatic heterocycles. The number of fused-ring (bicyclic) bond motifs is 1. The number of halogens is 2. The number of benzene rings is 1. The van der Waals surface area contributed by atoms with Crippen LogP contribution in [0.3, 0.4) is 0 Å². The standard InChI is InChI=1S/C14H14Cl2N2O2/c1-14(2,7-19)6-18-10(5-17)11-8(15)3-4-9(16)12(11)13(18)20/h3-4,10,19H,6-7H2,1-2H3. The lowest BCUT2D eigenvalue weighted by molar-refractivity contribution is 0.0591. The van der Waals surface area contributed by atoms with Gasteiger partial charge in [-0.1, -0.05) is 37.0 Å². The quantitative estimate of drug-likeness (QED) is 0.933. The summed E-state index contributed by atoms with van der Waals surface area (Å²) < 4.78 is 0. The topological polar surface area (TPSA) is 64.3 Å². The molecule has 0 fully saturated rings. The Morgan fingerprint density at radius 1 is 1.40 bits per heavy atom. The molecular weight excluding hydrogens is 299 g/mol. The van der Waals surface area contributed by atoms with Crippen LogP contribution in [0, 0.1) is 16.7 Å². The van der Waals surface area contributed by atoms with Crippen LogP contribution in [0.5, 0.6) is 0 Å². The fourth-order valence-corrected chi connectivity index (χ4v) is 2.78. The van der Waals surface area contributed by atoms with Gasteiger partial charge in [-0.15, -0.1) is 0 Å². The van der Waals surface area contributed by atoms with Crippen LogP contribution in [0.15, 0.2) is 12.1 Å². The molecule has 0 spiro atoms. The van der Waals surface area contributed by atoms with E-state index in [0.29, 0.717) is 21.2 Å². The molecule has 1 atom stereocenters. The van der Waals surface area contributed by atoms with Crippen molar-refractivity contribution in [2.24, 2.45) is 5.41 Å². The molecule has 1 N–H and O–H groups in total. The van der Waals surface area contributed by atoms with E-state index in [1.165, 1.54) is 4.90 Å². The van der Waals surface area contributed by atoms with Crippen molar-refractivity contribution in [3.05, 3.63) is 33.3 Å². The summed E-state index contributed by atoms with van der Waals surface area (Å²) in [7, 11) is 0. The predicted octanol–water partition coefficient (Wildman–Crippen LogP) is 3.03. The van der Waals surface area contributed by atoms with Crippen LogP contribution in [0.1, 0.15) is 35.8 Å². The third-order valence-corrected chi connectivity index (χ3v) is 3.99. The lowest BCUT2D eigenvalue weighted by Gasteiger charge is -2.30. The van der Waals surface area contributed by atoms with Crippen molar-refractivity contribution in [2.45, 2.75) is 19.9 Å². The van der Waals surface area contributed by atoms with Crippen molar-refractivity contribution in [1.82, 2.24) is 4.90 Å². The summed E-state index contributed by atoms with van der Waals surface area (Å²) in [4.78, 5) is 13.9. The summed E-state index contributed by atoms with van der Waals surface area (Å²) in [6.45, 7) is 3.80. The van der Waals surface area contributed by atoms with Gasteiger partial charge in [-0.2, -0.15) is 5.26 Å². The van der Waals surface area contributed by atoms with Gasteiger partial charge in [0.05, 0.1) is 16.7 Å². The number of nitrogens with zero attached hydrogens (tertiary/aromatic N) is 2. The molecule has 1 aliphatic rings. The number of hydrogen-bond donors (Lipinski definition) is 1. The molecule has 1 unspecified atom stereocenters. The molecule has 2 rings (SSSR count). The monoisotopic (exact) mass is 312 g/mol. The molecule has 0 saturated heterocycles. The summed E-state index contributed by atoms with van der Waals surface area (Å²) in [5, 5.41) is 19.4. The maximum atomic E-state index is 12.5. The smallest absolute Gasteiger partial charge is 0.257 e. The second-order valence-corrected chi connectivity index (χ2v) is 6.42. The third-order valence-electron chi connectivity index (χ3n) is 3.35. The molecule has 0 radical (unpaired) electrons. The number of nitriles is 1. The van der Waals surface area contributed by atoms with E-state index in [1.807, 2.05) is 13.8 Å². The Hall–Kier alpha value is -1.28. The van der Waals surface area contributed by atoms with Gasteiger partial charge in [-0.25, -0.2) is 0 Å². The highest BCUT2D eigenvalue weighted by Crippen LogP contribution is 2.42. The van der Waals surface area contributed by atoms with Crippen molar-refractivity contribution >= 4 is 29.1 Å². The van der Waals surface area contributed by atoms with Gasteiger partial charge in [0.15, 0.2) is 0 Å². The number of hydrogen-bond acceptors (Lipinski definition) is 3. The summed E-state index contributed by atoms with van der Waals surface area (Å²) in [6.07, 6.45) is 0. The molecule has 1 aromatic rings. The van der Waals surface area contributed by atoms with Crippen LogP contribution in [-0.2, 0) is 0 Å². The number of rotatable bonds is 3. The van der Waals surface area contributed by atoms with Crippen LogP contribution in [-0.4, -0.2) is 29.1 Å². The van der Waals surface area contributed by atoms with E-state index < -0.39 is 11.5 Å². The average molecular weight is 313 g/mol. The van der Waals surface area contributed by atoms with Gasteiger partial charge >= 0.3 is 0 Å². The first-order chi connectivity index (χ1) is 9.32. The summed E-state index contributed by atoms with van der Waals surface area (Å²) in [6, 6.07) is 4.46. The summed E-state index contributed by atoms with van der Waals surface area (Å²) in [5.74, 6) is -0.319.